The van der Waals surface area contributed by atoms with Crippen LogP contribution in [-0.2, 0) is 4.79 Å². The molecule has 1 heterocycles. The van der Waals surface area contributed by atoms with Crippen LogP contribution in [0.2, 0.25) is 0 Å². The number of unbranched alkanes of at least 4 members (excludes halogenated alkanes) is 1. The zero-order valence-electron chi connectivity index (χ0n) is 9.04. The number of hydrogen-bond acceptors (Lipinski definition) is 2. The highest BCUT2D eigenvalue weighted by Crippen LogP contribution is 2.11. The summed E-state index contributed by atoms with van der Waals surface area (Å²) in [4.78, 5) is 13.4. The molecule has 0 radical (unpaired) electrons. The van der Waals surface area contributed by atoms with Crippen LogP contribution in [0, 0.1) is 0 Å². The molecule has 0 spiro atoms. The Labute approximate surface area is 86.1 Å². The molecule has 14 heavy (non-hydrogen) atoms. The van der Waals surface area contributed by atoms with Crippen LogP contribution in [0.4, 0.5) is 0 Å². The average Bonchev–Trinajstić information content (AvgIpc) is 2.15. The number of rotatable bonds is 5. The van der Waals surface area contributed by atoms with Gasteiger partial charge in [-0.1, -0.05) is 0 Å². The molecular formula is C11H21NO2. The molecule has 0 saturated carbocycles. The van der Waals surface area contributed by atoms with E-state index in [9.17, 15) is 4.79 Å². The van der Waals surface area contributed by atoms with Crippen LogP contribution in [0.1, 0.15) is 45.4 Å². The van der Waals surface area contributed by atoms with E-state index >= 15 is 0 Å². The van der Waals surface area contributed by atoms with Crippen molar-refractivity contribution in [2.24, 2.45) is 0 Å². The van der Waals surface area contributed by atoms with Crippen molar-refractivity contribution < 1.29 is 9.90 Å². The van der Waals surface area contributed by atoms with Crippen LogP contribution < -0.4 is 0 Å². The Bertz CT molecular complexity index is 180. The Balaban J connectivity index is 2.07. The van der Waals surface area contributed by atoms with Gasteiger partial charge in [0.2, 0.25) is 5.91 Å². The number of amides is 1. The van der Waals surface area contributed by atoms with Gasteiger partial charge >= 0.3 is 0 Å². The molecule has 0 aromatic carbocycles. The molecule has 1 fully saturated rings. The van der Waals surface area contributed by atoms with Gasteiger partial charge in [0.15, 0.2) is 0 Å². The molecule has 0 bridgehead atoms. The molecule has 1 aliphatic heterocycles. The van der Waals surface area contributed by atoms with Crippen LogP contribution in [0.3, 0.4) is 0 Å². The number of carbonyl (C=O) groups excluding carboxylic acids is 1. The number of aliphatic hydroxyl groups is 1. The normalized spacial score (nSPS) is 19.9. The van der Waals surface area contributed by atoms with E-state index in [4.69, 9.17) is 5.11 Å². The standard InChI is InChI=1S/C11H21NO2/c1-10(13)6-2-4-8-12-9-5-3-7-11(12)14/h10,13H,2-9H2,1H3. The van der Waals surface area contributed by atoms with E-state index in [-0.39, 0.29) is 6.10 Å². The van der Waals surface area contributed by atoms with Crippen LogP contribution in [-0.4, -0.2) is 35.1 Å². The average molecular weight is 199 g/mol. The Morgan fingerprint density at radius 3 is 2.86 bits per heavy atom. The summed E-state index contributed by atoms with van der Waals surface area (Å²) in [5.41, 5.74) is 0. The third-order valence-electron chi connectivity index (χ3n) is 2.72. The molecule has 1 atom stereocenters. The number of piperidine rings is 1. The van der Waals surface area contributed by atoms with Crippen molar-refractivity contribution in [3.05, 3.63) is 0 Å². The predicted molar refractivity (Wildman–Crippen MR) is 56.0 cm³/mol. The summed E-state index contributed by atoms with van der Waals surface area (Å²) in [7, 11) is 0. The van der Waals surface area contributed by atoms with Gasteiger partial charge in [-0.25, -0.2) is 0 Å². The first-order chi connectivity index (χ1) is 6.70. The lowest BCUT2D eigenvalue weighted by Crippen LogP contribution is -2.35. The summed E-state index contributed by atoms with van der Waals surface area (Å²) < 4.78 is 0. The fraction of sp³-hybridized carbons (Fsp3) is 0.909. The van der Waals surface area contributed by atoms with Gasteiger partial charge in [0, 0.05) is 19.5 Å². The number of nitrogens with zero attached hydrogens (tertiary/aromatic N) is 1. The van der Waals surface area contributed by atoms with Crippen molar-refractivity contribution in [2.75, 3.05) is 13.1 Å². The van der Waals surface area contributed by atoms with Gasteiger partial charge in [-0.15, -0.1) is 0 Å². The first kappa shape index (κ1) is 11.5. The molecule has 0 aromatic heterocycles. The van der Waals surface area contributed by atoms with Gasteiger partial charge in [-0.2, -0.15) is 0 Å². The second-order valence-electron chi connectivity index (χ2n) is 4.18. The van der Waals surface area contributed by atoms with Crippen molar-refractivity contribution >= 4 is 5.91 Å². The van der Waals surface area contributed by atoms with Crippen LogP contribution in [0.5, 0.6) is 0 Å². The molecular weight excluding hydrogens is 178 g/mol. The molecule has 1 N–H and O–H groups in total. The highest BCUT2D eigenvalue weighted by molar-refractivity contribution is 5.76. The quantitative estimate of drug-likeness (QED) is 0.682. The van der Waals surface area contributed by atoms with E-state index in [1.54, 1.807) is 0 Å². The Morgan fingerprint density at radius 2 is 2.21 bits per heavy atom. The Morgan fingerprint density at radius 1 is 1.43 bits per heavy atom. The molecule has 0 aliphatic carbocycles. The van der Waals surface area contributed by atoms with Gasteiger partial charge in [0.1, 0.15) is 0 Å². The lowest BCUT2D eigenvalue weighted by Gasteiger charge is -2.26. The highest BCUT2D eigenvalue weighted by atomic mass is 16.3. The van der Waals surface area contributed by atoms with E-state index in [0.717, 1.165) is 51.6 Å². The third kappa shape index (κ3) is 4.09. The lowest BCUT2D eigenvalue weighted by molar-refractivity contribution is -0.133. The number of hydrogen-bond donors (Lipinski definition) is 1. The van der Waals surface area contributed by atoms with Crippen molar-refractivity contribution in [1.82, 2.24) is 4.90 Å². The summed E-state index contributed by atoms with van der Waals surface area (Å²) in [5.74, 6) is 0.313. The molecule has 0 aromatic rings. The van der Waals surface area contributed by atoms with Crippen molar-refractivity contribution in [3.63, 3.8) is 0 Å². The Kier molecular flexibility index (Phi) is 4.94. The van der Waals surface area contributed by atoms with Gasteiger partial charge < -0.3 is 10.0 Å². The SMILES string of the molecule is CC(O)CCCCN1CCCCC1=O. The van der Waals surface area contributed by atoms with Crippen molar-refractivity contribution in [2.45, 2.75) is 51.6 Å². The van der Waals surface area contributed by atoms with Gasteiger partial charge in [-0.3, -0.25) is 4.79 Å². The van der Waals surface area contributed by atoms with E-state index in [1.807, 2.05) is 11.8 Å². The molecule has 3 heteroatoms. The molecule has 3 nitrogen and oxygen atoms in total. The van der Waals surface area contributed by atoms with Crippen LogP contribution in [0.25, 0.3) is 0 Å². The topological polar surface area (TPSA) is 40.5 Å². The monoisotopic (exact) mass is 199 g/mol. The largest absolute Gasteiger partial charge is 0.393 e. The molecule has 82 valence electrons. The fourth-order valence-corrected chi connectivity index (χ4v) is 1.84. The maximum absolute atomic E-state index is 11.4. The first-order valence-electron chi connectivity index (χ1n) is 5.66. The minimum atomic E-state index is -0.202. The summed E-state index contributed by atoms with van der Waals surface area (Å²) in [6, 6.07) is 0. The maximum atomic E-state index is 11.4. The highest BCUT2D eigenvalue weighted by Gasteiger charge is 2.16. The minimum Gasteiger partial charge on any atom is -0.393 e. The molecule has 1 amide bonds. The van der Waals surface area contributed by atoms with Crippen molar-refractivity contribution in [1.29, 1.82) is 0 Å². The maximum Gasteiger partial charge on any atom is 0.222 e. The zero-order chi connectivity index (χ0) is 10.4. The van der Waals surface area contributed by atoms with Crippen LogP contribution >= 0.6 is 0 Å². The minimum absolute atomic E-state index is 0.202. The molecule has 1 aliphatic rings. The Hall–Kier alpha value is -0.570. The second kappa shape index (κ2) is 6.02. The predicted octanol–water partition coefficient (Wildman–Crippen LogP) is 1.55. The number of likely N-dealkylation sites (tertiary alicyclic amines) is 1. The van der Waals surface area contributed by atoms with Crippen molar-refractivity contribution in [3.8, 4) is 0 Å². The lowest BCUT2D eigenvalue weighted by atomic mass is 10.1. The van der Waals surface area contributed by atoms with Gasteiger partial charge in [-0.05, 0) is 39.0 Å². The molecule has 1 saturated heterocycles. The molecule has 1 unspecified atom stereocenters. The second-order valence-corrected chi connectivity index (χ2v) is 4.18. The van der Waals surface area contributed by atoms with E-state index in [1.165, 1.54) is 0 Å². The number of aliphatic hydroxyl groups excluding tert-OH is 1. The van der Waals surface area contributed by atoms with E-state index < -0.39 is 0 Å². The summed E-state index contributed by atoms with van der Waals surface area (Å²) >= 11 is 0. The fourth-order valence-electron chi connectivity index (χ4n) is 1.84. The summed E-state index contributed by atoms with van der Waals surface area (Å²) in [5, 5.41) is 9.06. The van der Waals surface area contributed by atoms with Crippen LogP contribution in [0.15, 0.2) is 0 Å². The smallest absolute Gasteiger partial charge is 0.222 e. The van der Waals surface area contributed by atoms with Gasteiger partial charge in [0.05, 0.1) is 6.10 Å². The summed E-state index contributed by atoms with van der Waals surface area (Å²) in [6.45, 7) is 3.63. The molecule has 1 rings (SSSR count). The first-order valence-corrected chi connectivity index (χ1v) is 5.66. The van der Waals surface area contributed by atoms with E-state index in [0.29, 0.717) is 5.91 Å². The van der Waals surface area contributed by atoms with E-state index in [2.05, 4.69) is 0 Å². The third-order valence-corrected chi connectivity index (χ3v) is 2.72. The summed E-state index contributed by atoms with van der Waals surface area (Å²) in [6.07, 6.45) is 5.63. The zero-order valence-corrected chi connectivity index (χ0v) is 9.04. The number of carbonyl (C=O) groups is 1. The van der Waals surface area contributed by atoms with Gasteiger partial charge in [0.25, 0.3) is 0 Å².